The molecule has 76 valence electrons. The van der Waals surface area contributed by atoms with Crippen molar-refractivity contribution in [2.75, 3.05) is 46.8 Å². The first-order chi connectivity index (χ1) is 6.22. The van der Waals surface area contributed by atoms with Gasteiger partial charge in [-0.1, -0.05) is 0 Å². The molecule has 0 saturated carbocycles. The van der Waals surface area contributed by atoms with Gasteiger partial charge in [-0.2, -0.15) is 0 Å². The van der Waals surface area contributed by atoms with Gasteiger partial charge in [0.25, 0.3) is 0 Å². The van der Waals surface area contributed by atoms with E-state index in [4.69, 9.17) is 0 Å². The summed E-state index contributed by atoms with van der Waals surface area (Å²) < 4.78 is 0. The van der Waals surface area contributed by atoms with Crippen LogP contribution in [-0.2, 0) is 4.79 Å². The van der Waals surface area contributed by atoms with Crippen molar-refractivity contribution in [1.82, 2.24) is 20.7 Å². The Morgan fingerprint density at radius 1 is 1.31 bits per heavy atom. The zero-order valence-electron chi connectivity index (χ0n) is 8.34. The molecule has 1 fully saturated rings. The molecule has 1 saturated heterocycles. The van der Waals surface area contributed by atoms with Crippen molar-refractivity contribution in [2.24, 2.45) is 0 Å². The van der Waals surface area contributed by atoms with Crippen molar-refractivity contribution in [1.29, 1.82) is 0 Å². The Bertz CT molecular complexity index is 166. The number of amides is 1. The van der Waals surface area contributed by atoms with Crippen LogP contribution in [0.1, 0.15) is 0 Å². The van der Waals surface area contributed by atoms with Crippen molar-refractivity contribution in [3.05, 3.63) is 0 Å². The molecule has 1 heterocycles. The number of nitrogens with one attached hydrogen (secondary N) is 2. The Hall–Kier alpha value is -0.650. The minimum absolute atomic E-state index is 0.0268. The molecule has 0 radical (unpaired) electrons. The summed E-state index contributed by atoms with van der Waals surface area (Å²) in [6.45, 7) is 4.45. The quantitative estimate of drug-likeness (QED) is 0.562. The highest BCUT2D eigenvalue weighted by atomic mass is 16.2. The first-order valence-corrected chi connectivity index (χ1v) is 4.60. The zero-order valence-corrected chi connectivity index (χ0v) is 8.34. The topological polar surface area (TPSA) is 47.6 Å². The molecule has 5 heteroatoms. The molecule has 1 rings (SSSR count). The van der Waals surface area contributed by atoms with Crippen molar-refractivity contribution in [3.8, 4) is 0 Å². The molecule has 0 aliphatic carbocycles. The Balaban J connectivity index is 2.12. The van der Waals surface area contributed by atoms with Crippen LogP contribution in [0.15, 0.2) is 0 Å². The van der Waals surface area contributed by atoms with Crippen LogP contribution in [0.2, 0.25) is 0 Å². The molecule has 5 nitrogen and oxygen atoms in total. The number of rotatable bonds is 3. The predicted molar refractivity (Wildman–Crippen MR) is 51.1 cm³/mol. The number of hydrogen-bond acceptors (Lipinski definition) is 4. The van der Waals surface area contributed by atoms with Gasteiger partial charge in [0.1, 0.15) is 0 Å². The van der Waals surface area contributed by atoms with Crippen molar-refractivity contribution >= 4 is 5.91 Å². The Kier molecular flexibility index (Phi) is 4.14. The number of hydrogen-bond donors (Lipinski definition) is 2. The summed E-state index contributed by atoms with van der Waals surface area (Å²) in [6.07, 6.45) is 0. The van der Waals surface area contributed by atoms with Gasteiger partial charge in [0.15, 0.2) is 0 Å². The van der Waals surface area contributed by atoms with Gasteiger partial charge in [-0.05, 0) is 7.05 Å². The third-order valence-electron chi connectivity index (χ3n) is 2.25. The maximum Gasteiger partial charge on any atom is 0.235 e. The lowest BCUT2D eigenvalue weighted by Crippen LogP contribution is -2.52. The maximum atomic E-state index is 10.9. The average molecular weight is 186 g/mol. The molecular weight excluding hydrogens is 168 g/mol. The maximum absolute atomic E-state index is 10.9. The van der Waals surface area contributed by atoms with Gasteiger partial charge >= 0.3 is 0 Å². The van der Waals surface area contributed by atoms with E-state index in [-0.39, 0.29) is 5.91 Å². The molecule has 1 aliphatic heterocycles. The Morgan fingerprint density at radius 3 is 2.46 bits per heavy atom. The van der Waals surface area contributed by atoms with Crippen LogP contribution in [0.5, 0.6) is 0 Å². The fourth-order valence-corrected chi connectivity index (χ4v) is 1.24. The smallest absolute Gasteiger partial charge is 0.235 e. The van der Waals surface area contributed by atoms with Gasteiger partial charge < -0.3 is 10.2 Å². The molecular formula is C8H18N4O. The SMILES string of the molecule is CNC(=O)CNN1CCN(C)CC1. The minimum Gasteiger partial charge on any atom is -0.358 e. The normalized spacial score (nSPS) is 20.2. The van der Waals surface area contributed by atoms with Crippen molar-refractivity contribution < 1.29 is 4.79 Å². The van der Waals surface area contributed by atoms with Gasteiger partial charge in [-0.25, -0.2) is 10.4 Å². The molecule has 1 aliphatic rings. The second kappa shape index (κ2) is 5.16. The summed E-state index contributed by atoms with van der Waals surface area (Å²) in [5, 5.41) is 4.67. The first kappa shape index (κ1) is 10.4. The number of likely N-dealkylation sites (N-methyl/N-ethyl adjacent to an activating group) is 2. The highest BCUT2D eigenvalue weighted by Gasteiger charge is 2.13. The fraction of sp³-hybridized carbons (Fsp3) is 0.875. The van der Waals surface area contributed by atoms with Gasteiger partial charge in [-0.3, -0.25) is 4.79 Å². The molecule has 0 aromatic rings. The second-order valence-corrected chi connectivity index (χ2v) is 3.30. The molecule has 13 heavy (non-hydrogen) atoms. The molecule has 0 aromatic heterocycles. The minimum atomic E-state index is 0.0268. The highest BCUT2D eigenvalue weighted by Crippen LogP contribution is 1.94. The van der Waals surface area contributed by atoms with Crippen molar-refractivity contribution in [3.63, 3.8) is 0 Å². The first-order valence-electron chi connectivity index (χ1n) is 4.60. The molecule has 2 N–H and O–H groups in total. The molecule has 0 aromatic carbocycles. The van der Waals surface area contributed by atoms with E-state index in [1.54, 1.807) is 7.05 Å². The third kappa shape index (κ3) is 3.71. The second-order valence-electron chi connectivity index (χ2n) is 3.30. The van der Waals surface area contributed by atoms with E-state index in [1.807, 2.05) is 0 Å². The van der Waals surface area contributed by atoms with Crippen LogP contribution < -0.4 is 10.7 Å². The van der Waals surface area contributed by atoms with E-state index in [1.165, 1.54) is 0 Å². The molecule has 0 unspecified atom stereocenters. The van der Waals surface area contributed by atoms with Crippen LogP contribution >= 0.6 is 0 Å². The van der Waals surface area contributed by atoms with E-state index in [0.29, 0.717) is 6.54 Å². The van der Waals surface area contributed by atoms with Crippen LogP contribution in [-0.4, -0.2) is 62.6 Å². The predicted octanol–water partition coefficient (Wildman–Crippen LogP) is -1.52. The number of nitrogens with zero attached hydrogens (tertiary/aromatic N) is 2. The highest BCUT2D eigenvalue weighted by molar-refractivity contribution is 5.77. The molecule has 0 bridgehead atoms. The van der Waals surface area contributed by atoms with E-state index in [9.17, 15) is 4.79 Å². The van der Waals surface area contributed by atoms with Gasteiger partial charge in [-0.15, -0.1) is 0 Å². The standard InChI is InChI=1S/C8H18N4O/c1-9-8(13)7-10-12-5-3-11(2)4-6-12/h10H,3-7H2,1-2H3,(H,9,13). The third-order valence-corrected chi connectivity index (χ3v) is 2.25. The summed E-state index contributed by atoms with van der Waals surface area (Å²) in [5.74, 6) is 0.0268. The van der Waals surface area contributed by atoms with Crippen molar-refractivity contribution in [2.45, 2.75) is 0 Å². The Labute approximate surface area is 79.0 Å². The number of carbonyl (C=O) groups is 1. The lowest BCUT2D eigenvalue weighted by atomic mass is 10.4. The van der Waals surface area contributed by atoms with E-state index < -0.39 is 0 Å². The van der Waals surface area contributed by atoms with Crippen LogP contribution in [0.4, 0.5) is 0 Å². The largest absolute Gasteiger partial charge is 0.358 e. The number of carbonyl (C=O) groups excluding carboxylic acids is 1. The lowest BCUT2D eigenvalue weighted by molar-refractivity contribution is -0.120. The summed E-state index contributed by atoms with van der Waals surface area (Å²) in [6, 6.07) is 0. The van der Waals surface area contributed by atoms with Gasteiger partial charge in [0.05, 0.1) is 6.54 Å². The summed E-state index contributed by atoms with van der Waals surface area (Å²) in [4.78, 5) is 13.2. The van der Waals surface area contributed by atoms with Crippen LogP contribution in [0, 0.1) is 0 Å². The van der Waals surface area contributed by atoms with Crippen LogP contribution in [0.25, 0.3) is 0 Å². The number of piperazine rings is 1. The van der Waals surface area contributed by atoms with E-state index >= 15 is 0 Å². The fourth-order valence-electron chi connectivity index (χ4n) is 1.24. The van der Waals surface area contributed by atoms with Crippen LogP contribution in [0.3, 0.4) is 0 Å². The Morgan fingerprint density at radius 2 is 1.92 bits per heavy atom. The molecule has 0 spiro atoms. The molecule has 1 amide bonds. The monoisotopic (exact) mass is 186 g/mol. The lowest BCUT2D eigenvalue weighted by Gasteiger charge is -2.32. The number of hydrazine groups is 1. The summed E-state index contributed by atoms with van der Waals surface area (Å²) in [7, 11) is 3.75. The van der Waals surface area contributed by atoms with E-state index in [0.717, 1.165) is 26.2 Å². The molecule has 0 atom stereocenters. The van der Waals surface area contributed by atoms with Gasteiger partial charge in [0, 0.05) is 33.2 Å². The average Bonchev–Trinajstić information content (AvgIpc) is 2.16. The van der Waals surface area contributed by atoms with Gasteiger partial charge in [0.2, 0.25) is 5.91 Å². The zero-order chi connectivity index (χ0) is 9.68. The summed E-state index contributed by atoms with van der Waals surface area (Å²) >= 11 is 0. The van der Waals surface area contributed by atoms with E-state index in [2.05, 4.69) is 27.7 Å². The summed E-state index contributed by atoms with van der Waals surface area (Å²) in [5.41, 5.74) is 3.09.